The summed E-state index contributed by atoms with van der Waals surface area (Å²) in [5.41, 5.74) is 0.447. The standard InChI is InChI=1S/C13H13F2N/c1-4-9-10-6-8(14)7-11(15)13(10)16(3)12(9)5-2/h4-7H,1-3H3/b9-4-,12-5+. The van der Waals surface area contributed by atoms with E-state index in [1.54, 1.807) is 11.6 Å². The van der Waals surface area contributed by atoms with E-state index in [0.29, 0.717) is 10.9 Å². The molecule has 0 N–H and O–H groups in total. The van der Waals surface area contributed by atoms with Crippen molar-refractivity contribution in [1.82, 2.24) is 4.57 Å². The number of rotatable bonds is 0. The molecular weight excluding hydrogens is 208 g/mol. The van der Waals surface area contributed by atoms with Crippen molar-refractivity contribution in [3.05, 3.63) is 34.3 Å². The van der Waals surface area contributed by atoms with E-state index in [1.165, 1.54) is 6.07 Å². The number of aromatic nitrogens is 1. The van der Waals surface area contributed by atoms with Gasteiger partial charge >= 0.3 is 0 Å². The van der Waals surface area contributed by atoms with Gasteiger partial charge in [0.2, 0.25) is 0 Å². The third-order valence-corrected chi connectivity index (χ3v) is 2.85. The Kier molecular flexibility index (Phi) is 2.54. The molecule has 3 heteroatoms. The summed E-state index contributed by atoms with van der Waals surface area (Å²) in [6.07, 6.45) is 3.77. The van der Waals surface area contributed by atoms with E-state index < -0.39 is 11.6 Å². The Balaban J connectivity index is 3.20. The Hall–Kier alpha value is -1.64. The molecule has 0 bridgehead atoms. The summed E-state index contributed by atoms with van der Waals surface area (Å²) in [6, 6.07) is 2.29. The average molecular weight is 221 g/mol. The number of fused-ring (bicyclic) bond motifs is 1. The van der Waals surface area contributed by atoms with E-state index in [-0.39, 0.29) is 0 Å². The molecule has 0 atom stereocenters. The molecule has 0 aliphatic carbocycles. The topological polar surface area (TPSA) is 4.93 Å². The van der Waals surface area contributed by atoms with Crippen molar-refractivity contribution in [3.8, 4) is 0 Å². The summed E-state index contributed by atoms with van der Waals surface area (Å²) in [7, 11) is 1.78. The molecule has 16 heavy (non-hydrogen) atoms. The number of nitrogens with zero attached hydrogens (tertiary/aromatic N) is 1. The second-order valence-electron chi connectivity index (χ2n) is 3.72. The van der Waals surface area contributed by atoms with E-state index in [2.05, 4.69) is 0 Å². The lowest BCUT2D eigenvalue weighted by molar-refractivity contribution is 0.588. The van der Waals surface area contributed by atoms with Gasteiger partial charge in [-0.1, -0.05) is 12.2 Å². The van der Waals surface area contributed by atoms with Crippen LogP contribution >= 0.6 is 0 Å². The highest BCUT2D eigenvalue weighted by Crippen LogP contribution is 2.15. The zero-order valence-electron chi connectivity index (χ0n) is 9.51. The van der Waals surface area contributed by atoms with Gasteiger partial charge in [-0.25, -0.2) is 8.78 Å². The number of aryl methyl sites for hydroxylation is 1. The lowest BCUT2D eigenvalue weighted by Crippen LogP contribution is -2.26. The minimum Gasteiger partial charge on any atom is -0.341 e. The van der Waals surface area contributed by atoms with Gasteiger partial charge in [0.1, 0.15) is 11.6 Å². The molecule has 84 valence electrons. The first-order valence-corrected chi connectivity index (χ1v) is 5.16. The van der Waals surface area contributed by atoms with Gasteiger partial charge in [-0.15, -0.1) is 0 Å². The molecule has 0 unspecified atom stereocenters. The summed E-state index contributed by atoms with van der Waals surface area (Å²) >= 11 is 0. The summed E-state index contributed by atoms with van der Waals surface area (Å²) in [4.78, 5) is 0. The van der Waals surface area contributed by atoms with Crippen LogP contribution in [0.4, 0.5) is 8.78 Å². The molecule has 0 saturated heterocycles. The minimum absolute atomic E-state index is 0.447. The lowest BCUT2D eigenvalue weighted by Gasteiger charge is -1.98. The maximum Gasteiger partial charge on any atom is 0.150 e. The predicted molar refractivity (Wildman–Crippen MR) is 62.4 cm³/mol. The third kappa shape index (κ3) is 1.35. The average Bonchev–Trinajstić information content (AvgIpc) is 2.50. The molecule has 2 aromatic rings. The van der Waals surface area contributed by atoms with Crippen molar-refractivity contribution in [1.29, 1.82) is 0 Å². The van der Waals surface area contributed by atoms with E-state index in [9.17, 15) is 8.78 Å². The summed E-state index contributed by atoms with van der Waals surface area (Å²) < 4.78 is 28.6. The van der Waals surface area contributed by atoms with Crippen molar-refractivity contribution in [3.63, 3.8) is 0 Å². The Morgan fingerprint density at radius 3 is 2.38 bits per heavy atom. The van der Waals surface area contributed by atoms with Gasteiger partial charge in [0.15, 0.2) is 0 Å². The van der Waals surface area contributed by atoms with E-state index in [0.717, 1.165) is 16.6 Å². The molecule has 0 spiro atoms. The highest BCUT2D eigenvalue weighted by molar-refractivity contribution is 5.82. The molecule has 0 fully saturated rings. The molecule has 0 amide bonds. The van der Waals surface area contributed by atoms with E-state index in [1.807, 2.05) is 26.0 Å². The highest BCUT2D eigenvalue weighted by Gasteiger charge is 2.10. The minimum atomic E-state index is -0.540. The Morgan fingerprint density at radius 2 is 1.81 bits per heavy atom. The van der Waals surface area contributed by atoms with Crippen LogP contribution in [0.2, 0.25) is 0 Å². The zero-order chi connectivity index (χ0) is 11.9. The zero-order valence-corrected chi connectivity index (χ0v) is 9.51. The van der Waals surface area contributed by atoms with Crippen molar-refractivity contribution in [2.45, 2.75) is 13.8 Å². The van der Waals surface area contributed by atoms with Crippen molar-refractivity contribution >= 4 is 23.1 Å². The van der Waals surface area contributed by atoms with Crippen LogP contribution in [0.25, 0.3) is 23.1 Å². The quantitative estimate of drug-likeness (QED) is 0.641. The van der Waals surface area contributed by atoms with Crippen LogP contribution in [-0.2, 0) is 7.05 Å². The molecule has 1 aromatic heterocycles. The van der Waals surface area contributed by atoms with Gasteiger partial charge in [-0.2, -0.15) is 0 Å². The van der Waals surface area contributed by atoms with E-state index >= 15 is 0 Å². The number of hydrogen-bond donors (Lipinski definition) is 0. The molecule has 0 radical (unpaired) electrons. The first-order valence-electron chi connectivity index (χ1n) is 5.16. The maximum absolute atomic E-state index is 13.7. The largest absolute Gasteiger partial charge is 0.341 e. The first kappa shape index (κ1) is 10.9. The Morgan fingerprint density at radius 1 is 1.12 bits per heavy atom. The smallest absolute Gasteiger partial charge is 0.150 e. The summed E-state index contributed by atoms with van der Waals surface area (Å²) in [5, 5.41) is 2.40. The van der Waals surface area contributed by atoms with Gasteiger partial charge in [0, 0.05) is 29.1 Å². The predicted octanol–water partition coefficient (Wildman–Crippen LogP) is 2.06. The third-order valence-electron chi connectivity index (χ3n) is 2.85. The monoisotopic (exact) mass is 221 g/mol. The molecule has 0 aliphatic heterocycles. The van der Waals surface area contributed by atoms with Crippen LogP contribution in [0.1, 0.15) is 13.8 Å². The van der Waals surface area contributed by atoms with Crippen LogP contribution in [0.5, 0.6) is 0 Å². The fraction of sp³-hybridized carbons (Fsp3) is 0.231. The van der Waals surface area contributed by atoms with Crippen LogP contribution in [0.3, 0.4) is 0 Å². The Labute approximate surface area is 92.3 Å². The van der Waals surface area contributed by atoms with Crippen LogP contribution in [-0.4, -0.2) is 4.57 Å². The van der Waals surface area contributed by atoms with Crippen LogP contribution in [0, 0.1) is 11.6 Å². The molecule has 0 saturated carbocycles. The Bertz CT molecular complexity index is 666. The normalized spacial score (nSPS) is 14.1. The van der Waals surface area contributed by atoms with Gasteiger partial charge in [0.25, 0.3) is 0 Å². The van der Waals surface area contributed by atoms with Crippen molar-refractivity contribution in [2.75, 3.05) is 0 Å². The van der Waals surface area contributed by atoms with Gasteiger partial charge in [0.05, 0.1) is 5.52 Å². The molecule has 1 nitrogen and oxygen atoms in total. The number of hydrogen-bond acceptors (Lipinski definition) is 0. The van der Waals surface area contributed by atoms with Gasteiger partial charge in [-0.05, 0) is 19.9 Å². The SMILES string of the molecule is C/C=c1\c(=C/C)n(C)c2c(F)cc(F)cc12. The lowest BCUT2D eigenvalue weighted by atomic mass is 10.2. The second kappa shape index (κ2) is 3.74. The van der Waals surface area contributed by atoms with Crippen molar-refractivity contribution in [2.24, 2.45) is 7.05 Å². The van der Waals surface area contributed by atoms with Gasteiger partial charge < -0.3 is 4.57 Å². The number of benzene rings is 1. The highest BCUT2D eigenvalue weighted by atomic mass is 19.1. The fourth-order valence-electron chi connectivity index (χ4n) is 2.20. The maximum atomic E-state index is 13.7. The van der Waals surface area contributed by atoms with Gasteiger partial charge in [-0.3, -0.25) is 0 Å². The molecule has 0 aliphatic rings. The summed E-state index contributed by atoms with van der Waals surface area (Å²) in [6.45, 7) is 3.75. The van der Waals surface area contributed by atoms with Crippen LogP contribution in [0.15, 0.2) is 12.1 Å². The second-order valence-corrected chi connectivity index (χ2v) is 3.72. The first-order chi connectivity index (χ1) is 7.60. The summed E-state index contributed by atoms with van der Waals surface area (Å²) in [5.74, 6) is -1.06. The molecule has 1 heterocycles. The van der Waals surface area contributed by atoms with E-state index in [4.69, 9.17) is 0 Å². The van der Waals surface area contributed by atoms with Crippen LogP contribution < -0.4 is 10.6 Å². The van der Waals surface area contributed by atoms with Crippen molar-refractivity contribution < 1.29 is 8.78 Å². The fourth-order valence-corrected chi connectivity index (χ4v) is 2.20. The number of halogens is 2. The molecule has 2 rings (SSSR count). The molecule has 1 aromatic carbocycles. The molecular formula is C13H13F2N.